The first kappa shape index (κ1) is 26.9. The van der Waals surface area contributed by atoms with Gasteiger partial charge >= 0.3 is 0 Å². The molecule has 0 N–H and O–H groups in total. The van der Waals surface area contributed by atoms with Crippen LogP contribution in [0.2, 0.25) is 0 Å². The minimum absolute atomic E-state index is 0.474. The van der Waals surface area contributed by atoms with E-state index in [1.807, 2.05) is 0 Å². The first-order chi connectivity index (χ1) is 11.3. The summed E-state index contributed by atoms with van der Waals surface area (Å²) in [5.41, 5.74) is 0. The number of unbranched alkanes of at least 4 members (excludes halogenated alkanes) is 5. The molecule has 6 heteroatoms. The zero-order chi connectivity index (χ0) is 18.5. The monoisotopic (exact) mass is 722 g/mol. The van der Waals surface area contributed by atoms with Gasteiger partial charge in [0.1, 0.15) is 0 Å². The normalized spacial score (nSPS) is 19.5. The zero-order valence-electron chi connectivity index (χ0n) is 14.8. The van der Waals surface area contributed by atoms with Crippen LogP contribution in [-0.4, -0.2) is 29.0 Å². The van der Waals surface area contributed by atoms with Gasteiger partial charge in [-0.2, -0.15) is 0 Å². The van der Waals surface area contributed by atoms with E-state index in [1.165, 1.54) is 44.9 Å². The van der Waals surface area contributed by atoms with Gasteiger partial charge in [0.05, 0.1) is 0 Å². The van der Waals surface area contributed by atoms with Crippen molar-refractivity contribution in [2.75, 3.05) is 0 Å². The lowest BCUT2D eigenvalue weighted by atomic mass is 10.0. The van der Waals surface area contributed by atoms with Gasteiger partial charge in [0, 0.05) is 29.0 Å². The van der Waals surface area contributed by atoms with Crippen molar-refractivity contribution in [1.82, 2.24) is 0 Å². The molecule has 6 atom stereocenters. The molecule has 0 heterocycles. The molecule has 6 unspecified atom stereocenters. The minimum atomic E-state index is 0.474. The number of hydrogen-bond donors (Lipinski definition) is 0. The molecule has 0 nitrogen and oxygen atoms in total. The van der Waals surface area contributed by atoms with Crippen LogP contribution in [0, 0.1) is 0 Å². The van der Waals surface area contributed by atoms with Crippen molar-refractivity contribution in [1.29, 1.82) is 0 Å². The fourth-order valence-electron chi connectivity index (χ4n) is 2.58. The Balaban J connectivity index is 3.99. The van der Waals surface area contributed by atoms with Crippen molar-refractivity contribution in [3.63, 3.8) is 0 Å². The Hall–Kier alpha value is 2.88. The van der Waals surface area contributed by atoms with Gasteiger partial charge in [-0.15, -0.1) is 0 Å². The minimum Gasteiger partial charge on any atom is -0.0879 e. The Labute approximate surface area is 200 Å². The zero-order valence-corrected chi connectivity index (χ0v) is 24.3. The van der Waals surface area contributed by atoms with Crippen LogP contribution in [0.25, 0.3) is 0 Å². The van der Waals surface area contributed by atoms with Gasteiger partial charge in [-0.25, -0.2) is 0 Å². The van der Waals surface area contributed by atoms with E-state index in [9.17, 15) is 0 Å². The maximum Gasteiger partial charge on any atom is 0.0282 e. The van der Waals surface area contributed by atoms with Gasteiger partial charge in [0.25, 0.3) is 0 Å². The van der Waals surface area contributed by atoms with E-state index in [4.69, 9.17) is 0 Å². The van der Waals surface area contributed by atoms with E-state index in [0.717, 1.165) is 19.3 Å². The molecule has 0 aliphatic carbocycles. The molecule has 0 aliphatic rings. The lowest BCUT2D eigenvalue weighted by Gasteiger charge is -2.25. The first-order valence-electron chi connectivity index (χ1n) is 9.17. The Bertz CT molecular complexity index is 289. The second-order valence-corrected chi connectivity index (χ2v) is 13.6. The molecule has 0 bridgehead atoms. The molecule has 0 aromatic rings. The van der Waals surface area contributed by atoms with Gasteiger partial charge in [0.15, 0.2) is 0 Å². The average molecular weight is 728 g/mol. The van der Waals surface area contributed by atoms with Gasteiger partial charge < -0.3 is 0 Å². The van der Waals surface area contributed by atoms with Gasteiger partial charge in [-0.3, -0.25) is 0 Å². The van der Waals surface area contributed by atoms with E-state index < -0.39 is 0 Å². The molecule has 0 aliphatic heterocycles. The van der Waals surface area contributed by atoms with Gasteiger partial charge in [-0.1, -0.05) is 148 Å². The quantitative estimate of drug-likeness (QED) is 0.117. The maximum absolute atomic E-state index is 3.90. The smallest absolute Gasteiger partial charge is 0.0282 e. The number of halogens is 6. The Morgan fingerprint density at radius 1 is 0.500 bits per heavy atom. The maximum atomic E-state index is 3.90. The highest BCUT2D eigenvalue weighted by Crippen LogP contribution is 2.33. The van der Waals surface area contributed by atoms with Crippen LogP contribution < -0.4 is 0 Å². The summed E-state index contributed by atoms with van der Waals surface area (Å²) in [6, 6.07) is 0. The van der Waals surface area contributed by atoms with Crippen molar-refractivity contribution >= 4 is 95.6 Å². The van der Waals surface area contributed by atoms with Gasteiger partial charge in [0.2, 0.25) is 0 Å². The van der Waals surface area contributed by atoms with Crippen LogP contribution >= 0.6 is 95.6 Å². The largest absolute Gasteiger partial charge is 0.0879 e. The molecule has 0 rings (SSSR count). The second kappa shape index (κ2) is 16.8. The Morgan fingerprint density at radius 3 is 1.42 bits per heavy atom. The fraction of sp³-hybridized carbons (Fsp3) is 1.00. The van der Waals surface area contributed by atoms with Crippen molar-refractivity contribution in [2.24, 2.45) is 0 Å². The van der Waals surface area contributed by atoms with E-state index in [1.54, 1.807) is 0 Å². The molecular weight excluding hydrogens is 696 g/mol. The molecule has 0 fully saturated rings. The van der Waals surface area contributed by atoms with Crippen LogP contribution in [0.5, 0.6) is 0 Å². The molecule has 0 amide bonds. The van der Waals surface area contributed by atoms with Crippen LogP contribution in [0.1, 0.15) is 78.1 Å². The first-order valence-corrected chi connectivity index (χ1v) is 14.7. The summed E-state index contributed by atoms with van der Waals surface area (Å²) in [5, 5.41) is 0. The molecule has 0 saturated carbocycles. The summed E-state index contributed by atoms with van der Waals surface area (Å²) in [5.74, 6) is 0. The molecule has 24 heavy (non-hydrogen) atoms. The molecule has 0 aromatic carbocycles. The van der Waals surface area contributed by atoms with Crippen molar-refractivity contribution in [3.8, 4) is 0 Å². The Kier molecular flexibility index (Phi) is 18.8. The second-order valence-electron chi connectivity index (χ2n) is 6.53. The predicted molar refractivity (Wildman–Crippen MR) is 134 cm³/mol. The summed E-state index contributed by atoms with van der Waals surface area (Å²) in [6.07, 6.45) is 12.9. The molecule has 0 aromatic heterocycles. The summed E-state index contributed by atoms with van der Waals surface area (Å²) in [7, 11) is 0. The van der Waals surface area contributed by atoms with Crippen LogP contribution in [-0.2, 0) is 0 Å². The third-order valence-corrected chi connectivity index (χ3v) is 12.9. The van der Waals surface area contributed by atoms with E-state index in [2.05, 4.69) is 109 Å². The molecule has 146 valence electrons. The van der Waals surface area contributed by atoms with Crippen LogP contribution in [0.3, 0.4) is 0 Å². The molecule has 0 radical (unpaired) electrons. The predicted octanol–water partition coefficient (Wildman–Crippen LogP) is 9.51. The summed E-state index contributed by atoms with van der Waals surface area (Å²) < 4.78 is 0. The van der Waals surface area contributed by atoms with Crippen molar-refractivity contribution in [2.45, 2.75) is 107 Å². The van der Waals surface area contributed by atoms with E-state index >= 15 is 0 Å². The van der Waals surface area contributed by atoms with Crippen LogP contribution in [0.15, 0.2) is 0 Å². The third kappa shape index (κ3) is 13.1. The summed E-state index contributed by atoms with van der Waals surface area (Å²) in [6.45, 7) is 4.49. The average Bonchev–Trinajstić information content (AvgIpc) is 2.56. The van der Waals surface area contributed by atoms with Crippen molar-refractivity contribution < 1.29 is 0 Å². The standard InChI is InChI=1S/C18H32Br6/c1-3-5-6-7-8-9-10-14(20)16(22)12-18(24)17(23)11-15(21)13(19)4-2/h13-18H,3-12H2,1-2H3. The SMILES string of the molecule is CCCCCCCCC(Br)C(Br)CC(Br)C(Br)CC(Br)C(Br)CC. The summed E-state index contributed by atoms with van der Waals surface area (Å²) >= 11 is 23.1. The van der Waals surface area contributed by atoms with E-state index in [0.29, 0.717) is 29.0 Å². The topological polar surface area (TPSA) is 0 Å². The molecule has 0 saturated heterocycles. The highest BCUT2D eigenvalue weighted by Gasteiger charge is 2.26. The van der Waals surface area contributed by atoms with Gasteiger partial charge in [-0.05, 0) is 25.7 Å². The summed E-state index contributed by atoms with van der Waals surface area (Å²) in [4.78, 5) is 3.06. The van der Waals surface area contributed by atoms with E-state index in [-0.39, 0.29) is 0 Å². The third-order valence-electron chi connectivity index (χ3n) is 4.30. The molecular formula is C18H32Br6. The highest BCUT2D eigenvalue weighted by atomic mass is 79.9. The van der Waals surface area contributed by atoms with Crippen LogP contribution in [0.4, 0.5) is 0 Å². The number of alkyl halides is 6. The lowest BCUT2D eigenvalue weighted by Crippen LogP contribution is -2.27. The molecule has 0 spiro atoms. The lowest BCUT2D eigenvalue weighted by molar-refractivity contribution is 0.567. The van der Waals surface area contributed by atoms with Crippen molar-refractivity contribution in [3.05, 3.63) is 0 Å². The number of hydrogen-bond acceptors (Lipinski definition) is 0. The number of rotatable bonds is 15. The highest BCUT2D eigenvalue weighted by molar-refractivity contribution is 9.13. The fourth-order valence-corrected chi connectivity index (χ4v) is 7.02. The Morgan fingerprint density at radius 2 is 0.917 bits per heavy atom.